The fourth-order valence-corrected chi connectivity index (χ4v) is 4.02. The molecule has 5 nitrogen and oxygen atoms in total. The Morgan fingerprint density at radius 2 is 1.93 bits per heavy atom. The zero-order chi connectivity index (χ0) is 21.6. The molecule has 0 unspecified atom stereocenters. The minimum absolute atomic E-state index is 0.158. The molecule has 3 aromatic rings. The van der Waals surface area contributed by atoms with Crippen LogP contribution >= 0.6 is 11.6 Å². The average molecular weight is 435 g/mol. The number of aromatic nitrogens is 3. The third-order valence-electron chi connectivity index (χ3n) is 5.21. The lowest BCUT2D eigenvalue weighted by molar-refractivity contribution is -0.137. The number of hydrogen-bond acceptors (Lipinski definition) is 3. The van der Waals surface area contributed by atoms with E-state index < -0.39 is 22.7 Å². The molecule has 0 saturated carbocycles. The Kier molecular flexibility index (Phi) is 5.05. The molecule has 1 aliphatic heterocycles. The summed E-state index contributed by atoms with van der Waals surface area (Å²) in [5.74, 6) is -0.558. The first-order valence-corrected chi connectivity index (χ1v) is 9.70. The predicted molar refractivity (Wildman–Crippen MR) is 106 cm³/mol. The van der Waals surface area contributed by atoms with Crippen molar-refractivity contribution in [1.82, 2.24) is 19.9 Å². The quantitative estimate of drug-likeness (QED) is 0.584. The van der Waals surface area contributed by atoms with Crippen LogP contribution in [-0.4, -0.2) is 32.3 Å². The van der Waals surface area contributed by atoms with E-state index >= 15 is 0 Å². The van der Waals surface area contributed by atoms with E-state index in [4.69, 9.17) is 11.6 Å². The Morgan fingerprint density at radius 3 is 2.63 bits per heavy atom. The first-order valence-electron chi connectivity index (χ1n) is 9.33. The number of fused-ring (bicyclic) bond motifs is 1. The van der Waals surface area contributed by atoms with Crippen LogP contribution in [0.2, 0.25) is 5.02 Å². The number of aryl methyl sites for hydroxylation is 2. The molecule has 9 heteroatoms. The zero-order valence-corrected chi connectivity index (χ0v) is 17.1. The van der Waals surface area contributed by atoms with Gasteiger partial charge in [0.05, 0.1) is 34.1 Å². The van der Waals surface area contributed by atoms with Gasteiger partial charge in [0, 0.05) is 13.0 Å². The molecule has 4 rings (SSSR count). The van der Waals surface area contributed by atoms with Crippen molar-refractivity contribution in [2.24, 2.45) is 0 Å². The van der Waals surface area contributed by atoms with Gasteiger partial charge in [-0.2, -0.15) is 13.2 Å². The van der Waals surface area contributed by atoms with Crippen molar-refractivity contribution in [2.75, 3.05) is 6.54 Å². The number of carbonyl (C=O) groups is 1. The Bertz CT molecular complexity index is 1140. The topological polar surface area (TPSA) is 51.0 Å². The van der Waals surface area contributed by atoms with Crippen LogP contribution in [0.15, 0.2) is 36.4 Å². The van der Waals surface area contributed by atoms with Gasteiger partial charge in [-0.05, 0) is 37.6 Å². The van der Waals surface area contributed by atoms with E-state index in [1.165, 1.54) is 17.0 Å². The molecule has 0 bridgehead atoms. The van der Waals surface area contributed by atoms with E-state index in [9.17, 15) is 18.0 Å². The van der Waals surface area contributed by atoms with Gasteiger partial charge in [-0.3, -0.25) is 4.79 Å². The Morgan fingerprint density at radius 1 is 1.17 bits per heavy atom. The van der Waals surface area contributed by atoms with Crippen molar-refractivity contribution in [3.63, 3.8) is 0 Å². The average Bonchev–Trinajstić information content (AvgIpc) is 3.10. The number of halogens is 4. The van der Waals surface area contributed by atoms with Crippen LogP contribution in [0.3, 0.4) is 0 Å². The molecule has 0 N–H and O–H groups in total. The molecule has 1 aliphatic rings. The standard InChI is InChI=1S/C21H18ClF3N4O/c1-12-6-7-17(13(2)10-12)29-18-8-9-28(11-16(18)26-27-29)20(30)14-4-3-5-15(19(14)22)21(23,24)25/h3-7,10H,8-9,11H2,1-2H3. The molecule has 30 heavy (non-hydrogen) atoms. The molecular weight excluding hydrogens is 417 g/mol. The van der Waals surface area contributed by atoms with Crippen LogP contribution < -0.4 is 0 Å². The summed E-state index contributed by atoms with van der Waals surface area (Å²) in [5.41, 5.74) is 3.43. The largest absolute Gasteiger partial charge is 0.417 e. The van der Waals surface area contributed by atoms with Crippen LogP contribution in [0.1, 0.15) is 38.4 Å². The predicted octanol–water partition coefficient (Wildman–Crippen LogP) is 4.75. The first kappa shape index (κ1) is 20.4. The monoisotopic (exact) mass is 434 g/mol. The molecule has 0 spiro atoms. The van der Waals surface area contributed by atoms with Gasteiger partial charge in [0.2, 0.25) is 0 Å². The fraction of sp³-hybridized carbons (Fsp3) is 0.286. The maximum Gasteiger partial charge on any atom is 0.417 e. The van der Waals surface area contributed by atoms with Crippen LogP contribution in [0.25, 0.3) is 5.69 Å². The molecule has 1 aromatic heterocycles. The Labute approximate surface area is 176 Å². The summed E-state index contributed by atoms with van der Waals surface area (Å²) in [4.78, 5) is 14.3. The van der Waals surface area contributed by atoms with E-state index in [2.05, 4.69) is 16.4 Å². The van der Waals surface area contributed by atoms with Crippen LogP contribution in [0.5, 0.6) is 0 Å². The summed E-state index contributed by atoms with van der Waals surface area (Å²) in [6.45, 7) is 4.49. The van der Waals surface area contributed by atoms with E-state index in [0.717, 1.165) is 28.6 Å². The Balaban J connectivity index is 1.62. The molecule has 0 saturated heterocycles. The number of benzene rings is 2. The van der Waals surface area contributed by atoms with Crippen molar-refractivity contribution in [2.45, 2.75) is 33.0 Å². The van der Waals surface area contributed by atoms with Crippen LogP contribution in [0, 0.1) is 13.8 Å². The Hall–Kier alpha value is -2.87. The van der Waals surface area contributed by atoms with Crippen molar-refractivity contribution in [1.29, 1.82) is 0 Å². The highest BCUT2D eigenvalue weighted by atomic mass is 35.5. The van der Waals surface area contributed by atoms with Gasteiger partial charge in [-0.1, -0.05) is 40.6 Å². The lowest BCUT2D eigenvalue weighted by Crippen LogP contribution is -2.36. The number of nitrogens with zero attached hydrogens (tertiary/aromatic N) is 4. The summed E-state index contributed by atoms with van der Waals surface area (Å²) in [7, 11) is 0. The summed E-state index contributed by atoms with van der Waals surface area (Å²) >= 11 is 5.92. The molecule has 2 heterocycles. The van der Waals surface area contributed by atoms with Gasteiger partial charge in [0.1, 0.15) is 5.69 Å². The first-order chi connectivity index (χ1) is 14.2. The van der Waals surface area contributed by atoms with Gasteiger partial charge < -0.3 is 4.90 Å². The SMILES string of the molecule is Cc1ccc(-n2nnc3c2CCN(C(=O)c2cccc(C(F)(F)F)c2Cl)C3)c(C)c1. The molecular formula is C21H18ClF3N4O. The third kappa shape index (κ3) is 3.56. The molecule has 0 fully saturated rings. The van der Waals surface area contributed by atoms with E-state index in [1.54, 1.807) is 4.68 Å². The summed E-state index contributed by atoms with van der Waals surface area (Å²) in [6, 6.07) is 9.38. The van der Waals surface area contributed by atoms with E-state index in [0.29, 0.717) is 18.7 Å². The fourth-order valence-electron chi connectivity index (χ4n) is 3.70. The molecule has 0 atom stereocenters. The summed E-state index contributed by atoms with van der Waals surface area (Å²) in [5, 5.41) is 7.87. The molecule has 1 amide bonds. The zero-order valence-electron chi connectivity index (χ0n) is 16.3. The molecule has 0 aliphatic carbocycles. The minimum atomic E-state index is -4.63. The number of carbonyl (C=O) groups excluding carboxylic acids is 1. The van der Waals surface area contributed by atoms with Crippen LogP contribution in [0.4, 0.5) is 13.2 Å². The van der Waals surface area contributed by atoms with Crippen LogP contribution in [-0.2, 0) is 19.1 Å². The highest BCUT2D eigenvalue weighted by molar-refractivity contribution is 6.34. The van der Waals surface area contributed by atoms with Gasteiger partial charge in [0.25, 0.3) is 5.91 Å². The van der Waals surface area contributed by atoms with E-state index in [1.807, 2.05) is 26.0 Å². The number of amides is 1. The van der Waals surface area contributed by atoms with Crippen molar-refractivity contribution in [3.05, 3.63) is 75.1 Å². The lowest BCUT2D eigenvalue weighted by atomic mass is 10.1. The minimum Gasteiger partial charge on any atom is -0.332 e. The summed E-state index contributed by atoms with van der Waals surface area (Å²) in [6.07, 6.45) is -4.14. The second-order valence-corrected chi connectivity index (χ2v) is 7.70. The highest BCUT2D eigenvalue weighted by Gasteiger charge is 2.36. The van der Waals surface area contributed by atoms with Crippen molar-refractivity contribution < 1.29 is 18.0 Å². The van der Waals surface area contributed by atoms with Gasteiger partial charge >= 0.3 is 6.18 Å². The molecule has 156 valence electrons. The second-order valence-electron chi connectivity index (χ2n) is 7.33. The summed E-state index contributed by atoms with van der Waals surface area (Å²) < 4.78 is 41.1. The smallest absolute Gasteiger partial charge is 0.332 e. The number of alkyl halides is 3. The van der Waals surface area contributed by atoms with Crippen molar-refractivity contribution in [3.8, 4) is 5.69 Å². The van der Waals surface area contributed by atoms with Gasteiger partial charge in [0.15, 0.2) is 0 Å². The van der Waals surface area contributed by atoms with Crippen molar-refractivity contribution >= 4 is 17.5 Å². The normalized spacial score (nSPS) is 14.0. The third-order valence-corrected chi connectivity index (χ3v) is 5.61. The number of hydrogen-bond donors (Lipinski definition) is 0. The lowest BCUT2D eigenvalue weighted by Gasteiger charge is -2.27. The molecule has 0 radical (unpaired) electrons. The van der Waals surface area contributed by atoms with E-state index in [-0.39, 0.29) is 12.1 Å². The number of rotatable bonds is 2. The maximum absolute atomic E-state index is 13.1. The van der Waals surface area contributed by atoms with Gasteiger partial charge in [-0.25, -0.2) is 4.68 Å². The van der Waals surface area contributed by atoms with Gasteiger partial charge in [-0.15, -0.1) is 5.10 Å². The second kappa shape index (κ2) is 7.43. The highest BCUT2D eigenvalue weighted by Crippen LogP contribution is 2.37. The molecule has 2 aromatic carbocycles. The maximum atomic E-state index is 13.1.